The Kier molecular flexibility index (Phi) is 6.19. The van der Waals surface area contributed by atoms with Crippen LogP contribution in [0.25, 0.3) is 0 Å². The standard InChI is InChI=1S/C6H6S.C3H6O2/c7-6-4-2-1-3-5-6;1-2-3(4)5/h1-5,7H;2H2,1H3,(H,4,5). The molecule has 1 aromatic rings. The normalized spacial score (nSPS) is 8.17. The molecule has 0 unspecified atom stereocenters. The molecule has 0 spiro atoms. The molecule has 1 N–H and O–H groups in total. The van der Waals surface area contributed by atoms with Gasteiger partial charge in [0.2, 0.25) is 0 Å². The quantitative estimate of drug-likeness (QED) is 0.658. The summed E-state index contributed by atoms with van der Waals surface area (Å²) in [7, 11) is 0. The molecule has 0 saturated heterocycles. The van der Waals surface area contributed by atoms with Crippen molar-refractivity contribution in [1.29, 1.82) is 0 Å². The zero-order valence-electron chi connectivity index (χ0n) is 6.90. The molecule has 66 valence electrons. The fraction of sp³-hybridized carbons (Fsp3) is 0.222. The van der Waals surface area contributed by atoms with Gasteiger partial charge >= 0.3 is 5.97 Å². The van der Waals surface area contributed by atoms with E-state index in [1.54, 1.807) is 6.92 Å². The van der Waals surface area contributed by atoms with Gasteiger partial charge in [0.25, 0.3) is 0 Å². The number of aliphatic carboxylic acids is 1. The number of carbonyl (C=O) groups is 1. The fourth-order valence-electron chi connectivity index (χ4n) is 0.428. The summed E-state index contributed by atoms with van der Waals surface area (Å²) in [6.45, 7) is 1.60. The molecule has 0 amide bonds. The maximum atomic E-state index is 9.37. The lowest BCUT2D eigenvalue weighted by molar-refractivity contribution is -0.136. The van der Waals surface area contributed by atoms with Crippen molar-refractivity contribution < 1.29 is 9.90 Å². The first-order valence-electron chi connectivity index (χ1n) is 3.62. The van der Waals surface area contributed by atoms with Crippen LogP contribution in [0.2, 0.25) is 0 Å². The van der Waals surface area contributed by atoms with Crippen LogP contribution < -0.4 is 0 Å². The molecule has 0 heterocycles. The largest absolute Gasteiger partial charge is 0.481 e. The number of hydrogen-bond acceptors (Lipinski definition) is 2. The van der Waals surface area contributed by atoms with Crippen molar-refractivity contribution in [3.05, 3.63) is 30.3 Å². The van der Waals surface area contributed by atoms with Gasteiger partial charge in [-0.2, -0.15) is 0 Å². The number of benzene rings is 1. The second kappa shape index (κ2) is 6.73. The molecule has 0 aromatic heterocycles. The van der Waals surface area contributed by atoms with E-state index in [0.29, 0.717) is 0 Å². The summed E-state index contributed by atoms with van der Waals surface area (Å²) in [6.07, 6.45) is 0.222. The Hall–Kier alpha value is -0.960. The van der Waals surface area contributed by atoms with Crippen molar-refractivity contribution >= 4 is 18.6 Å². The Morgan fingerprint density at radius 1 is 1.42 bits per heavy atom. The van der Waals surface area contributed by atoms with Gasteiger partial charge in [0.05, 0.1) is 0 Å². The van der Waals surface area contributed by atoms with Gasteiger partial charge in [0.15, 0.2) is 0 Å². The summed E-state index contributed by atoms with van der Waals surface area (Å²) in [5, 5.41) is 7.72. The minimum atomic E-state index is -0.745. The topological polar surface area (TPSA) is 37.3 Å². The lowest BCUT2D eigenvalue weighted by Gasteiger charge is -1.81. The van der Waals surface area contributed by atoms with Gasteiger partial charge in [-0.3, -0.25) is 4.79 Å². The van der Waals surface area contributed by atoms with E-state index < -0.39 is 5.97 Å². The maximum Gasteiger partial charge on any atom is 0.303 e. The van der Waals surface area contributed by atoms with E-state index in [1.165, 1.54) is 0 Å². The SMILES string of the molecule is CCC(=O)O.Sc1ccccc1. The number of carboxylic acid groups (broad SMARTS) is 1. The third kappa shape index (κ3) is 7.15. The summed E-state index contributed by atoms with van der Waals surface area (Å²) in [5.41, 5.74) is 0. The van der Waals surface area contributed by atoms with Crippen LogP contribution in [0.1, 0.15) is 13.3 Å². The molecule has 0 fully saturated rings. The fourth-order valence-corrected chi connectivity index (χ4v) is 0.600. The maximum absolute atomic E-state index is 9.37. The molecule has 0 aliphatic rings. The van der Waals surface area contributed by atoms with Crippen LogP contribution in [-0.2, 0) is 4.79 Å². The minimum Gasteiger partial charge on any atom is -0.481 e. The molecule has 1 rings (SSSR count). The van der Waals surface area contributed by atoms with Gasteiger partial charge in [-0.05, 0) is 12.1 Å². The van der Waals surface area contributed by atoms with Gasteiger partial charge in [0, 0.05) is 11.3 Å². The van der Waals surface area contributed by atoms with E-state index in [2.05, 4.69) is 12.6 Å². The van der Waals surface area contributed by atoms with Gasteiger partial charge in [-0.25, -0.2) is 0 Å². The predicted octanol–water partition coefficient (Wildman–Crippen LogP) is 2.46. The molecule has 0 aliphatic carbocycles. The van der Waals surface area contributed by atoms with Crippen LogP contribution in [0.3, 0.4) is 0 Å². The van der Waals surface area contributed by atoms with Crippen molar-refractivity contribution in [2.24, 2.45) is 0 Å². The molecule has 0 atom stereocenters. The number of thiol groups is 1. The Morgan fingerprint density at radius 2 is 1.83 bits per heavy atom. The lowest BCUT2D eigenvalue weighted by Crippen LogP contribution is -1.86. The Morgan fingerprint density at radius 3 is 2.00 bits per heavy atom. The van der Waals surface area contributed by atoms with Gasteiger partial charge < -0.3 is 5.11 Å². The van der Waals surface area contributed by atoms with E-state index in [0.717, 1.165) is 4.90 Å². The molecule has 0 bridgehead atoms. The second-order valence-electron chi connectivity index (χ2n) is 2.08. The average molecular weight is 184 g/mol. The van der Waals surface area contributed by atoms with Gasteiger partial charge in [-0.1, -0.05) is 25.1 Å². The van der Waals surface area contributed by atoms with Gasteiger partial charge in [0.1, 0.15) is 0 Å². The number of carboxylic acids is 1. The van der Waals surface area contributed by atoms with Crippen LogP contribution in [0.5, 0.6) is 0 Å². The van der Waals surface area contributed by atoms with E-state index in [9.17, 15) is 4.79 Å². The summed E-state index contributed by atoms with van der Waals surface area (Å²) >= 11 is 4.08. The monoisotopic (exact) mass is 184 g/mol. The van der Waals surface area contributed by atoms with Crippen molar-refractivity contribution in [3.63, 3.8) is 0 Å². The smallest absolute Gasteiger partial charge is 0.303 e. The first-order valence-corrected chi connectivity index (χ1v) is 4.07. The van der Waals surface area contributed by atoms with Crippen LogP contribution >= 0.6 is 12.6 Å². The molecule has 12 heavy (non-hydrogen) atoms. The number of hydrogen-bond donors (Lipinski definition) is 2. The minimum absolute atomic E-state index is 0.222. The molecular formula is C9H12O2S. The molecule has 3 heteroatoms. The van der Waals surface area contributed by atoms with Crippen molar-refractivity contribution in [2.45, 2.75) is 18.2 Å². The molecule has 0 saturated carbocycles. The van der Waals surface area contributed by atoms with Crippen molar-refractivity contribution in [1.82, 2.24) is 0 Å². The molecule has 2 nitrogen and oxygen atoms in total. The summed E-state index contributed by atoms with van der Waals surface area (Å²) < 4.78 is 0. The Labute approximate surface area is 77.6 Å². The Bertz CT molecular complexity index is 221. The first-order chi connectivity index (χ1) is 5.66. The second-order valence-corrected chi connectivity index (χ2v) is 2.60. The lowest BCUT2D eigenvalue weighted by atomic mass is 10.4. The first kappa shape index (κ1) is 11.0. The van der Waals surface area contributed by atoms with E-state index in [1.807, 2.05) is 30.3 Å². The zero-order chi connectivity index (χ0) is 9.40. The Balaban J connectivity index is 0.000000217. The highest BCUT2D eigenvalue weighted by atomic mass is 32.1. The van der Waals surface area contributed by atoms with Crippen LogP contribution in [-0.4, -0.2) is 11.1 Å². The van der Waals surface area contributed by atoms with Crippen molar-refractivity contribution in [3.8, 4) is 0 Å². The predicted molar refractivity (Wildman–Crippen MR) is 51.6 cm³/mol. The highest BCUT2D eigenvalue weighted by Crippen LogP contribution is 2.00. The van der Waals surface area contributed by atoms with E-state index in [4.69, 9.17) is 5.11 Å². The third-order valence-corrected chi connectivity index (χ3v) is 1.36. The van der Waals surface area contributed by atoms with E-state index in [-0.39, 0.29) is 6.42 Å². The van der Waals surface area contributed by atoms with Crippen LogP contribution in [0, 0.1) is 0 Å². The zero-order valence-corrected chi connectivity index (χ0v) is 7.79. The summed E-state index contributed by atoms with van der Waals surface area (Å²) in [5.74, 6) is -0.745. The number of rotatable bonds is 1. The highest BCUT2D eigenvalue weighted by Gasteiger charge is 1.80. The van der Waals surface area contributed by atoms with Crippen LogP contribution in [0.15, 0.2) is 35.2 Å². The summed E-state index contributed by atoms with van der Waals surface area (Å²) in [4.78, 5) is 10.4. The highest BCUT2D eigenvalue weighted by molar-refractivity contribution is 7.80. The molecule has 0 aliphatic heterocycles. The van der Waals surface area contributed by atoms with Crippen molar-refractivity contribution in [2.75, 3.05) is 0 Å². The van der Waals surface area contributed by atoms with E-state index >= 15 is 0 Å². The third-order valence-electron chi connectivity index (χ3n) is 1.06. The van der Waals surface area contributed by atoms with Gasteiger partial charge in [-0.15, -0.1) is 12.6 Å². The average Bonchev–Trinajstić information content (AvgIpc) is 2.07. The molecular weight excluding hydrogens is 172 g/mol. The summed E-state index contributed by atoms with van der Waals surface area (Å²) in [6, 6.07) is 9.79. The van der Waals surface area contributed by atoms with Crippen LogP contribution in [0.4, 0.5) is 0 Å². The molecule has 0 radical (unpaired) electrons. The molecule has 1 aromatic carbocycles.